The van der Waals surface area contributed by atoms with Crippen LogP contribution in [0, 0.1) is 3.57 Å². The first kappa shape index (κ1) is 14.9. The molecule has 0 bridgehead atoms. The molecule has 0 radical (unpaired) electrons. The molecule has 0 aliphatic rings. The van der Waals surface area contributed by atoms with Crippen molar-refractivity contribution in [2.45, 2.75) is 11.4 Å². The van der Waals surface area contributed by atoms with E-state index in [-0.39, 0.29) is 17.0 Å². The van der Waals surface area contributed by atoms with Gasteiger partial charge in [0.25, 0.3) is 0 Å². The highest BCUT2D eigenvalue weighted by Crippen LogP contribution is 2.18. The number of carbonyl (C=O) groups is 1. The lowest BCUT2D eigenvalue weighted by Gasteiger charge is -2.07. The second-order valence-electron chi connectivity index (χ2n) is 3.76. The van der Waals surface area contributed by atoms with E-state index in [0.717, 1.165) is 6.07 Å². The molecule has 9 heteroatoms. The first-order valence-electron chi connectivity index (χ1n) is 5.32. The van der Waals surface area contributed by atoms with Crippen LogP contribution in [0.25, 0.3) is 0 Å². The minimum Gasteiger partial charge on any atom is -0.478 e. The Labute approximate surface area is 128 Å². The highest BCUT2D eigenvalue weighted by Gasteiger charge is 2.18. The van der Waals surface area contributed by atoms with Gasteiger partial charge in [0, 0.05) is 9.64 Å². The minimum atomic E-state index is -3.81. The van der Waals surface area contributed by atoms with Crippen LogP contribution in [0.5, 0.6) is 0 Å². The third-order valence-corrected chi connectivity index (χ3v) is 4.75. The highest BCUT2D eigenvalue weighted by molar-refractivity contribution is 14.1. The lowest BCUT2D eigenvalue weighted by molar-refractivity contribution is 0.0695. The zero-order valence-electron chi connectivity index (χ0n) is 9.91. The van der Waals surface area contributed by atoms with E-state index in [1.54, 1.807) is 0 Å². The van der Waals surface area contributed by atoms with Crippen LogP contribution in [0.1, 0.15) is 16.1 Å². The van der Waals surface area contributed by atoms with Crippen LogP contribution in [0.15, 0.2) is 39.9 Å². The van der Waals surface area contributed by atoms with Crippen LogP contribution in [-0.4, -0.2) is 24.7 Å². The Balaban J connectivity index is 2.25. The lowest BCUT2D eigenvalue weighted by Crippen LogP contribution is -2.23. The summed E-state index contributed by atoms with van der Waals surface area (Å²) in [5.74, 6) is -1.18. The number of hydrogen-bond acceptors (Lipinski definition) is 5. The maximum atomic E-state index is 12.0. The predicted octanol–water partition coefficient (Wildman–Crippen LogP) is 1.46. The van der Waals surface area contributed by atoms with Gasteiger partial charge in [-0.1, -0.05) is 5.16 Å². The number of aromatic nitrogens is 1. The summed E-state index contributed by atoms with van der Waals surface area (Å²) in [5, 5.41) is 12.6. The third-order valence-electron chi connectivity index (χ3n) is 2.41. The minimum absolute atomic E-state index is 0.0345. The van der Waals surface area contributed by atoms with Gasteiger partial charge in [-0.3, -0.25) is 0 Å². The molecular weight excluding hydrogens is 399 g/mol. The molecule has 7 nitrogen and oxygen atoms in total. The van der Waals surface area contributed by atoms with E-state index in [1.165, 1.54) is 24.5 Å². The predicted molar refractivity (Wildman–Crippen MR) is 76.6 cm³/mol. The zero-order valence-corrected chi connectivity index (χ0v) is 12.9. The number of carboxylic acid groups (broad SMARTS) is 1. The normalized spacial score (nSPS) is 11.4. The van der Waals surface area contributed by atoms with Crippen LogP contribution in [-0.2, 0) is 16.6 Å². The number of benzene rings is 1. The largest absolute Gasteiger partial charge is 0.478 e. The topological polar surface area (TPSA) is 110 Å². The Bertz CT molecular complexity index is 727. The van der Waals surface area contributed by atoms with E-state index in [9.17, 15) is 13.2 Å². The molecule has 106 valence electrons. The van der Waals surface area contributed by atoms with Gasteiger partial charge >= 0.3 is 5.97 Å². The van der Waals surface area contributed by atoms with Crippen LogP contribution in [0.2, 0.25) is 0 Å². The molecule has 2 N–H and O–H groups in total. The van der Waals surface area contributed by atoms with Crippen molar-refractivity contribution < 1.29 is 22.8 Å². The summed E-state index contributed by atoms with van der Waals surface area (Å²) in [4.78, 5) is 10.9. The number of halogens is 1. The van der Waals surface area contributed by atoms with Crippen LogP contribution in [0.4, 0.5) is 0 Å². The summed E-state index contributed by atoms with van der Waals surface area (Å²) in [6.07, 6.45) is 1.33. The molecule has 1 heterocycles. The molecule has 2 rings (SSSR count). The van der Waals surface area contributed by atoms with Crippen molar-refractivity contribution in [1.29, 1.82) is 0 Å². The number of sulfonamides is 1. The lowest BCUT2D eigenvalue weighted by atomic mass is 10.2. The van der Waals surface area contributed by atoms with Gasteiger partial charge in [0.2, 0.25) is 10.0 Å². The van der Waals surface area contributed by atoms with Crippen molar-refractivity contribution in [3.8, 4) is 0 Å². The highest BCUT2D eigenvalue weighted by atomic mass is 127. The number of aromatic carboxylic acids is 1. The smallest absolute Gasteiger partial charge is 0.336 e. The Hall–Kier alpha value is -1.46. The second-order valence-corrected chi connectivity index (χ2v) is 6.69. The van der Waals surface area contributed by atoms with E-state index in [1.807, 2.05) is 22.6 Å². The average molecular weight is 408 g/mol. The molecule has 0 unspecified atom stereocenters. The van der Waals surface area contributed by atoms with Crippen molar-refractivity contribution in [3.63, 3.8) is 0 Å². The Morgan fingerprint density at radius 2 is 2.15 bits per heavy atom. The van der Waals surface area contributed by atoms with Gasteiger partial charge in [-0.2, -0.15) is 0 Å². The van der Waals surface area contributed by atoms with Crippen molar-refractivity contribution in [1.82, 2.24) is 9.88 Å². The third kappa shape index (κ3) is 3.35. The molecule has 20 heavy (non-hydrogen) atoms. The first-order valence-corrected chi connectivity index (χ1v) is 7.88. The molecular formula is C11H9IN2O5S. The standard InChI is InChI=1S/C11H9IN2O5S/c12-10-2-1-8(5-9(10)11(15)16)20(17,18)13-6-7-3-4-19-14-7/h1-5,13H,6H2,(H,15,16). The summed E-state index contributed by atoms with van der Waals surface area (Å²) in [6.45, 7) is -0.0345. The molecule has 1 aromatic carbocycles. The Morgan fingerprint density at radius 3 is 2.75 bits per heavy atom. The van der Waals surface area contributed by atoms with Gasteiger partial charge in [-0.25, -0.2) is 17.9 Å². The second kappa shape index (κ2) is 5.89. The summed E-state index contributed by atoms with van der Waals surface area (Å²) in [5.41, 5.74) is 0.368. The summed E-state index contributed by atoms with van der Waals surface area (Å²) >= 11 is 1.83. The summed E-state index contributed by atoms with van der Waals surface area (Å²) < 4.78 is 31.5. The molecule has 2 aromatic rings. The van der Waals surface area contributed by atoms with E-state index < -0.39 is 16.0 Å². The van der Waals surface area contributed by atoms with Crippen LogP contribution < -0.4 is 4.72 Å². The number of nitrogens with zero attached hydrogens (tertiary/aromatic N) is 1. The van der Waals surface area contributed by atoms with Gasteiger partial charge in [0.1, 0.15) is 6.26 Å². The Morgan fingerprint density at radius 1 is 1.40 bits per heavy atom. The van der Waals surface area contributed by atoms with Crippen molar-refractivity contribution in [2.75, 3.05) is 0 Å². The maximum absolute atomic E-state index is 12.0. The monoisotopic (exact) mass is 408 g/mol. The zero-order chi connectivity index (χ0) is 14.8. The summed E-state index contributed by atoms with van der Waals surface area (Å²) in [6, 6.07) is 5.43. The van der Waals surface area contributed by atoms with Crippen molar-refractivity contribution in [3.05, 3.63) is 45.4 Å². The first-order chi connectivity index (χ1) is 9.40. The summed E-state index contributed by atoms with van der Waals surface area (Å²) in [7, 11) is -3.81. The average Bonchev–Trinajstić information content (AvgIpc) is 2.89. The van der Waals surface area contributed by atoms with Gasteiger partial charge in [0.05, 0.1) is 22.7 Å². The van der Waals surface area contributed by atoms with E-state index >= 15 is 0 Å². The van der Waals surface area contributed by atoms with Crippen molar-refractivity contribution in [2.24, 2.45) is 0 Å². The fourth-order valence-electron chi connectivity index (χ4n) is 1.42. The molecule has 0 fully saturated rings. The maximum Gasteiger partial charge on any atom is 0.336 e. The molecule has 1 aromatic heterocycles. The molecule has 0 amide bonds. The van der Waals surface area contributed by atoms with Gasteiger partial charge in [-0.05, 0) is 40.8 Å². The molecule has 0 atom stereocenters. The Kier molecular flexibility index (Phi) is 4.40. The quantitative estimate of drug-likeness (QED) is 0.726. The molecule has 0 aliphatic carbocycles. The fourth-order valence-corrected chi connectivity index (χ4v) is 3.01. The number of nitrogens with one attached hydrogen (secondary N) is 1. The van der Waals surface area contributed by atoms with Crippen LogP contribution >= 0.6 is 22.6 Å². The van der Waals surface area contributed by atoms with E-state index in [0.29, 0.717) is 9.26 Å². The fraction of sp³-hybridized carbons (Fsp3) is 0.0909. The van der Waals surface area contributed by atoms with Gasteiger partial charge in [-0.15, -0.1) is 0 Å². The number of carboxylic acids is 1. The molecule has 0 spiro atoms. The van der Waals surface area contributed by atoms with Crippen molar-refractivity contribution >= 4 is 38.6 Å². The van der Waals surface area contributed by atoms with Gasteiger partial charge < -0.3 is 9.63 Å². The van der Waals surface area contributed by atoms with Gasteiger partial charge in [0.15, 0.2) is 0 Å². The SMILES string of the molecule is O=C(O)c1cc(S(=O)(=O)NCc2ccon2)ccc1I. The molecule has 0 aliphatic heterocycles. The van der Waals surface area contributed by atoms with Crippen LogP contribution in [0.3, 0.4) is 0 Å². The molecule has 0 saturated heterocycles. The van der Waals surface area contributed by atoms with E-state index in [2.05, 4.69) is 14.4 Å². The van der Waals surface area contributed by atoms with E-state index in [4.69, 9.17) is 5.11 Å². The number of hydrogen-bond donors (Lipinski definition) is 2. The number of rotatable bonds is 5. The molecule has 0 saturated carbocycles.